The van der Waals surface area contributed by atoms with Crippen molar-refractivity contribution < 1.29 is 31.5 Å². The molecule has 36 heavy (non-hydrogen) atoms. The van der Waals surface area contributed by atoms with Crippen LogP contribution in [0.4, 0.5) is 22.0 Å². The zero-order valence-electron chi connectivity index (χ0n) is 19.3. The second-order valence-electron chi connectivity index (χ2n) is 8.64. The monoisotopic (exact) mass is 503 g/mol. The van der Waals surface area contributed by atoms with E-state index in [-0.39, 0.29) is 34.6 Å². The molecule has 0 aliphatic carbocycles. The van der Waals surface area contributed by atoms with Crippen molar-refractivity contribution in [3.63, 3.8) is 0 Å². The second kappa shape index (κ2) is 10.1. The highest BCUT2D eigenvalue weighted by molar-refractivity contribution is 6.11. The Bertz CT molecular complexity index is 1290. The molecule has 0 spiro atoms. The van der Waals surface area contributed by atoms with Crippen LogP contribution < -0.4 is 4.74 Å². The van der Waals surface area contributed by atoms with Crippen LogP contribution in [0.5, 0.6) is 5.75 Å². The van der Waals surface area contributed by atoms with Crippen molar-refractivity contribution in [3.8, 4) is 11.8 Å². The Hall–Kier alpha value is -3.74. The topological polar surface area (TPSA) is 65.7 Å². The summed E-state index contributed by atoms with van der Waals surface area (Å²) in [5.41, 5.74) is -2.10. The number of hydrogen-bond donors (Lipinski definition) is 0. The van der Waals surface area contributed by atoms with Gasteiger partial charge in [-0.15, -0.1) is 0 Å². The van der Waals surface area contributed by atoms with Gasteiger partial charge in [-0.2, -0.15) is 18.4 Å². The Kier molecular flexibility index (Phi) is 7.11. The number of nitriles is 1. The fraction of sp³-hybridized carbons (Fsp3) is 0.346. The molecule has 4 rings (SSSR count). The van der Waals surface area contributed by atoms with E-state index in [1.54, 1.807) is 6.07 Å². The van der Waals surface area contributed by atoms with Crippen LogP contribution in [0.15, 0.2) is 52.7 Å². The minimum atomic E-state index is -4.92. The van der Waals surface area contributed by atoms with Crippen molar-refractivity contribution >= 4 is 11.6 Å². The maximum Gasteiger partial charge on any atom is 0.415 e. The van der Waals surface area contributed by atoms with E-state index in [4.69, 9.17) is 10.00 Å². The number of likely N-dealkylation sites (tertiary alicyclic amines) is 1. The van der Waals surface area contributed by atoms with Gasteiger partial charge in [0.05, 0.1) is 24.0 Å². The van der Waals surface area contributed by atoms with Crippen LogP contribution in [0.3, 0.4) is 0 Å². The fourth-order valence-corrected chi connectivity index (χ4v) is 4.60. The standard InChI is InChI=1S/C26H22F5N3O2/c1-36-21-8-5-15(12-20(21)28)11-18-22(26(29,30)31)24(25(35)34-9-3-2-4-10-34)33-23(18)16-6-7-17(14-32)19(27)13-16/h5-8,12-13,18H,2-4,9-11H2,1H3. The molecule has 10 heteroatoms. The van der Waals surface area contributed by atoms with Gasteiger partial charge >= 0.3 is 6.18 Å². The first-order valence-electron chi connectivity index (χ1n) is 11.4. The van der Waals surface area contributed by atoms with Gasteiger partial charge < -0.3 is 9.64 Å². The minimum Gasteiger partial charge on any atom is -0.494 e. The largest absolute Gasteiger partial charge is 0.494 e. The lowest BCUT2D eigenvalue weighted by atomic mass is 9.85. The van der Waals surface area contributed by atoms with Gasteiger partial charge in [-0.25, -0.2) is 13.8 Å². The van der Waals surface area contributed by atoms with Crippen LogP contribution >= 0.6 is 0 Å². The number of methoxy groups -OCH3 is 1. The van der Waals surface area contributed by atoms with Crippen molar-refractivity contribution in [2.45, 2.75) is 31.9 Å². The Morgan fingerprint density at radius 3 is 2.42 bits per heavy atom. The third-order valence-corrected chi connectivity index (χ3v) is 6.36. The molecule has 1 fully saturated rings. The van der Waals surface area contributed by atoms with Crippen molar-refractivity contribution in [2.75, 3.05) is 20.2 Å². The van der Waals surface area contributed by atoms with Gasteiger partial charge in [0.1, 0.15) is 17.6 Å². The number of aliphatic imine (C=N–C) groups is 1. The summed E-state index contributed by atoms with van der Waals surface area (Å²) in [6.07, 6.45) is -3.04. The number of benzene rings is 2. The summed E-state index contributed by atoms with van der Waals surface area (Å²) in [5, 5.41) is 9.02. The Labute approximate surface area is 204 Å². The lowest BCUT2D eigenvalue weighted by Gasteiger charge is -2.27. The number of allylic oxidation sites excluding steroid dienone is 1. The Morgan fingerprint density at radius 2 is 1.83 bits per heavy atom. The van der Waals surface area contributed by atoms with Crippen LogP contribution in [-0.2, 0) is 11.2 Å². The zero-order chi connectivity index (χ0) is 26.0. The highest BCUT2D eigenvalue weighted by Gasteiger charge is 2.49. The lowest BCUT2D eigenvalue weighted by Crippen LogP contribution is -2.37. The number of piperidine rings is 1. The molecule has 0 radical (unpaired) electrons. The molecule has 0 saturated carbocycles. The maximum atomic E-state index is 14.5. The molecule has 2 heterocycles. The minimum absolute atomic E-state index is 0.00803. The number of rotatable bonds is 5. The highest BCUT2D eigenvalue weighted by Crippen LogP contribution is 2.43. The van der Waals surface area contributed by atoms with Gasteiger partial charge in [0.2, 0.25) is 0 Å². The zero-order valence-corrected chi connectivity index (χ0v) is 19.3. The van der Waals surface area contributed by atoms with Gasteiger partial charge in [0.25, 0.3) is 5.91 Å². The van der Waals surface area contributed by atoms with E-state index < -0.39 is 40.9 Å². The van der Waals surface area contributed by atoms with Gasteiger partial charge in [-0.3, -0.25) is 4.79 Å². The van der Waals surface area contributed by atoms with Gasteiger partial charge in [-0.05, 0) is 61.1 Å². The summed E-state index contributed by atoms with van der Waals surface area (Å²) in [5.74, 6) is -4.07. The molecule has 0 N–H and O–H groups in total. The van der Waals surface area contributed by atoms with Crippen molar-refractivity contribution in [3.05, 3.63) is 76.0 Å². The van der Waals surface area contributed by atoms with Crippen LogP contribution in [-0.4, -0.2) is 42.9 Å². The number of amides is 1. The van der Waals surface area contributed by atoms with Crippen LogP contribution in [0, 0.1) is 28.9 Å². The number of halogens is 5. The molecule has 0 bridgehead atoms. The molecule has 2 aromatic carbocycles. The van der Waals surface area contributed by atoms with E-state index in [1.165, 1.54) is 30.2 Å². The molecule has 1 saturated heterocycles. The number of carbonyl (C=O) groups is 1. The summed E-state index contributed by atoms with van der Waals surface area (Å²) < 4.78 is 77.0. The maximum absolute atomic E-state index is 14.5. The van der Waals surface area contributed by atoms with Crippen molar-refractivity contribution in [1.82, 2.24) is 4.90 Å². The summed E-state index contributed by atoms with van der Waals surface area (Å²) in [6, 6.07) is 8.83. The first-order chi connectivity index (χ1) is 17.1. The average molecular weight is 503 g/mol. The van der Waals surface area contributed by atoms with E-state index in [0.29, 0.717) is 25.9 Å². The molecule has 0 aromatic heterocycles. The van der Waals surface area contributed by atoms with Crippen LogP contribution in [0.2, 0.25) is 0 Å². The van der Waals surface area contributed by atoms with Gasteiger partial charge in [0, 0.05) is 19.0 Å². The molecule has 2 aromatic rings. The van der Waals surface area contributed by atoms with Crippen LogP contribution in [0.25, 0.3) is 0 Å². The third-order valence-electron chi connectivity index (χ3n) is 6.36. The number of hydrogen-bond acceptors (Lipinski definition) is 4. The molecule has 1 unspecified atom stereocenters. The summed E-state index contributed by atoms with van der Waals surface area (Å²) in [4.78, 5) is 18.7. The van der Waals surface area contributed by atoms with E-state index >= 15 is 0 Å². The lowest BCUT2D eigenvalue weighted by molar-refractivity contribution is -0.129. The highest BCUT2D eigenvalue weighted by atomic mass is 19.4. The fourth-order valence-electron chi connectivity index (χ4n) is 4.60. The van der Waals surface area contributed by atoms with E-state index in [1.807, 2.05) is 0 Å². The average Bonchev–Trinajstić information content (AvgIpc) is 3.24. The molecule has 2 aliphatic heterocycles. The predicted molar refractivity (Wildman–Crippen MR) is 121 cm³/mol. The molecular weight excluding hydrogens is 481 g/mol. The van der Waals surface area contributed by atoms with Gasteiger partial charge in [0.15, 0.2) is 11.6 Å². The first kappa shape index (κ1) is 25.4. The Balaban J connectivity index is 1.84. The van der Waals surface area contributed by atoms with E-state index in [2.05, 4.69) is 4.99 Å². The quantitative estimate of drug-likeness (QED) is 0.518. The van der Waals surface area contributed by atoms with Gasteiger partial charge in [-0.1, -0.05) is 12.1 Å². The van der Waals surface area contributed by atoms with E-state index in [9.17, 15) is 26.7 Å². The summed E-state index contributed by atoms with van der Waals surface area (Å²) in [6.45, 7) is 0.635. The molecule has 1 atom stereocenters. The van der Waals surface area contributed by atoms with Crippen LogP contribution in [0.1, 0.15) is 36.0 Å². The molecule has 1 amide bonds. The SMILES string of the molecule is COc1ccc(CC2C(c3ccc(C#N)c(F)c3)=NC(C(=O)N3CCCCC3)=C2C(F)(F)F)cc1F. The molecular formula is C26H22F5N3O2. The van der Waals surface area contributed by atoms with Crippen molar-refractivity contribution in [1.29, 1.82) is 5.26 Å². The molecule has 2 aliphatic rings. The Morgan fingerprint density at radius 1 is 1.11 bits per heavy atom. The second-order valence-corrected chi connectivity index (χ2v) is 8.64. The van der Waals surface area contributed by atoms with Crippen molar-refractivity contribution in [2.24, 2.45) is 10.9 Å². The normalized spacial score (nSPS) is 18.2. The first-order valence-corrected chi connectivity index (χ1v) is 11.4. The molecule has 5 nitrogen and oxygen atoms in total. The predicted octanol–water partition coefficient (Wildman–Crippen LogP) is 5.34. The number of carbonyl (C=O) groups excluding carboxylic acids is 1. The number of ether oxygens (including phenoxy) is 1. The molecule has 188 valence electrons. The smallest absolute Gasteiger partial charge is 0.415 e. The number of nitrogens with zero attached hydrogens (tertiary/aromatic N) is 3. The summed E-state index contributed by atoms with van der Waals surface area (Å²) >= 11 is 0. The van der Waals surface area contributed by atoms with E-state index in [0.717, 1.165) is 24.6 Å². The number of alkyl halides is 3. The summed E-state index contributed by atoms with van der Waals surface area (Å²) in [7, 11) is 1.27. The third kappa shape index (κ3) is 4.96.